The first-order valence-electron chi connectivity index (χ1n) is 6.09. The number of rotatable bonds is 5. The smallest absolute Gasteiger partial charge is 0.307 e. The van der Waals surface area contributed by atoms with Crippen LogP contribution in [-0.4, -0.2) is 20.9 Å². The minimum atomic E-state index is -0.892. The molecule has 5 nitrogen and oxygen atoms in total. The van der Waals surface area contributed by atoms with Crippen molar-refractivity contribution in [1.82, 2.24) is 9.78 Å². The van der Waals surface area contributed by atoms with Crippen LogP contribution < -0.4 is 4.74 Å². The van der Waals surface area contributed by atoms with Gasteiger partial charge < -0.3 is 9.84 Å². The lowest BCUT2D eigenvalue weighted by Crippen LogP contribution is -2.04. The van der Waals surface area contributed by atoms with E-state index >= 15 is 0 Å². The zero-order valence-electron chi connectivity index (χ0n) is 11.3. The molecule has 2 aromatic rings. The van der Waals surface area contributed by atoms with Crippen LogP contribution in [0.15, 0.2) is 24.3 Å². The Morgan fingerprint density at radius 2 is 2.15 bits per heavy atom. The number of hydrogen-bond donors (Lipinski definition) is 1. The minimum Gasteiger partial charge on any atom is -0.488 e. The van der Waals surface area contributed by atoms with Crippen molar-refractivity contribution in [1.29, 1.82) is 0 Å². The highest BCUT2D eigenvalue weighted by Crippen LogP contribution is 2.23. The van der Waals surface area contributed by atoms with Crippen molar-refractivity contribution in [2.45, 2.75) is 20.0 Å². The van der Waals surface area contributed by atoms with E-state index in [0.29, 0.717) is 16.5 Å². The number of para-hydroxylation sites is 1. The summed E-state index contributed by atoms with van der Waals surface area (Å²) in [5.41, 5.74) is 2.24. The van der Waals surface area contributed by atoms with Gasteiger partial charge in [-0.1, -0.05) is 29.8 Å². The SMILES string of the molecule is Cc1nn(C)c(Cl)c1COc1ccccc1CC(=O)O. The fraction of sp³-hybridized carbons (Fsp3) is 0.286. The number of nitrogens with zero attached hydrogens (tertiary/aromatic N) is 2. The van der Waals surface area contributed by atoms with Crippen LogP contribution in [0.2, 0.25) is 5.15 Å². The van der Waals surface area contributed by atoms with Gasteiger partial charge in [0.05, 0.1) is 12.1 Å². The molecule has 1 N–H and O–H groups in total. The third-order valence-corrected chi connectivity index (χ3v) is 3.43. The number of carbonyl (C=O) groups is 1. The van der Waals surface area contributed by atoms with Crippen molar-refractivity contribution in [2.24, 2.45) is 7.05 Å². The maximum Gasteiger partial charge on any atom is 0.307 e. The number of carboxylic acid groups (broad SMARTS) is 1. The number of benzene rings is 1. The van der Waals surface area contributed by atoms with Crippen LogP contribution in [0.5, 0.6) is 5.75 Å². The second-order valence-electron chi connectivity index (χ2n) is 4.45. The lowest BCUT2D eigenvalue weighted by Gasteiger charge is -2.10. The maximum absolute atomic E-state index is 10.8. The van der Waals surface area contributed by atoms with Gasteiger partial charge in [0.25, 0.3) is 0 Å². The number of hydrogen-bond acceptors (Lipinski definition) is 3. The average molecular weight is 295 g/mol. The fourth-order valence-corrected chi connectivity index (χ4v) is 2.17. The van der Waals surface area contributed by atoms with Gasteiger partial charge in [0.2, 0.25) is 0 Å². The van der Waals surface area contributed by atoms with E-state index < -0.39 is 5.97 Å². The van der Waals surface area contributed by atoms with Gasteiger partial charge in [-0.15, -0.1) is 0 Å². The number of aryl methyl sites for hydroxylation is 2. The summed E-state index contributed by atoms with van der Waals surface area (Å²) in [5, 5.41) is 13.6. The van der Waals surface area contributed by atoms with Crippen LogP contribution in [-0.2, 0) is 24.9 Å². The molecule has 0 radical (unpaired) electrons. The van der Waals surface area contributed by atoms with Crippen LogP contribution in [0.4, 0.5) is 0 Å². The topological polar surface area (TPSA) is 64.4 Å². The highest BCUT2D eigenvalue weighted by Gasteiger charge is 2.13. The number of ether oxygens (including phenoxy) is 1. The molecular formula is C14H15ClN2O3. The molecule has 1 aromatic heterocycles. The van der Waals surface area contributed by atoms with Gasteiger partial charge in [0.15, 0.2) is 0 Å². The first-order valence-corrected chi connectivity index (χ1v) is 6.47. The molecule has 1 heterocycles. The average Bonchev–Trinajstić information content (AvgIpc) is 2.62. The molecule has 0 aliphatic carbocycles. The van der Waals surface area contributed by atoms with Gasteiger partial charge in [-0.25, -0.2) is 0 Å². The Bertz CT molecular complexity index is 637. The Morgan fingerprint density at radius 3 is 2.75 bits per heavy atom. The van der Waals surface area contributed by atoms with Crippen LogP contribution in [0, 0.1) is 6.92 Å². The second-order valence-corrected chi connectivity index (χ2v) is 4.80. The molecule has 0 spiro atoms. The second kappa shape index (κ2) is 5.96. The standard InChI is InChI=1S/C14H15ClN2O3/c1-9-11(14(15)17(2)16-9)8-20-12-6-4-3-5-10(12)7-13(18)19/h3-6H,7-8H2,1-2H3,(H,18,19). The first-order chi connectivity index (χ1) is 9.49. The van der Waals surface area contributed by atoms with Crippen molar-refractivity contribution in [3.63, 3.8) is 0 Å². The number of carboxylic acids is 1. The van der Waals surface area contributed by atoms with E-state index in [1.807, 2.05) is 6.92 Å². The quantitative estimate of drug-likeness (QED) is 0.920. The van der Waals surface area contributed by atoms with E-state index in [-0.39, 0.29) is 13.0 Å². The van der Waals surface area contributed by atoms with Crippen molar-refractivity contribution in [3.8, 4) is 5.75 Å². The van der Waals surface area contributed by atoms with Gasteiger partial charge in [-0.3, -0.25) is 9.48 Å². The molecule has 0 unspecified atom stereocenters. The largest absolute Gasteiger partial charge is 0.488 e. The predicted molar refractivity (Wildman–Crippen MR) is 75.1 cm³/mol. The van der Waals surface area contributed by atoms with E-state index in [1.165, 1.54) is 0 Å². The zero-order chi connectivity index (χ0) is 14.7. The Kier molecular flexibility index (Phi) is 4.29. The molecule has 1 aromatic carbocycles. The van der Waals surface area contributed by atoms with Crippen LogP contribution in [0.3, 0.4) is 0 Å². The molecule has 0 saturated carbocycles. The summed E-state index contributed by atoms with van der Waals surface area (Å²) >= 11 is 6.13. The summed E-state index contributed by atoms with van der Waals surface area (Å²) < 4.78 is 7.28. The number of aromatic nitrogens is 2. The van der Waals surface area contributed by atoms with Crippen LogP contribution in [0.1, 0.15) is 16.8 Å². The number of aliphatic carboxylic acids is 1. The summed E-state index contributed by atoms with van der Waals surface area (Å²) in [6.07, 6.45) is -0.0735. The molecule has 0 bridgehead atoms. The number of halogens is 1. The Hall–Kier alpha value is -2.01. The van der Waals surface area contributed by atoms with Crippen molar-refractivity contribution in [2.75, 3.05) is 0 Å². The highest BCUT2D eigenvalue weighted by molar-refractivity contribution is 6.30. The van der Waals surface area contributed by atoms with Gasteiger partial charge in [-0.2, -0.15) is 5.10 Å². The summed E-state index contributed by atoms with van der Waals surface area (Å²) in [5.74, 6) is -0.342. The molecule has 0 aliphatic rings. The molecule has 0 aliphatic heterocycles. The molecule has 20 heavy (non-hydrogen) atoms. The molecule has 0 saturated heterocycles. The van der Waals surface area contributed by atoms with E-state index in [4.69, 9.17) is 21.4 Å². The third-order valence-electron chi connectivity index (χ3n) is 2.96. The molecule has 0 amide bonds. The molecular weight excluding hydrogens is 280 g/mol. The third kappa shape index (κ3) is 3.11. The molecule has 6 heteroatoms. The van der Waals surface area contributed by atoms with Crippen LogP contribution in [0.25, 0.3) is 0 Å². The molecule has 0 fully saturated rings. The summed E-state index contributed by atoms with van der Waals surface area (Å²) in [6.45, 7) is 2.11. The van der Waals surface area contributed by atoms with E-state index in [9.17, 15) is 4.79 Å². The first kappa shape index (κ1) is 14.4. The maximum atomic E-state index is 10.8. The fourth-order valence-electron chi connectivity index (χ4n) is 1.94. The molecule has 2 rings (SSSR count). The zero-order valence-corrected chi connectivity index (χ0v) is 12.0. The Morgan fingerprint density at radius 1 is 1.45 bits per heavy atom. The molecule has 106 valence electrons. The summed E-state index contributed by atoms with van der Waals surface area (Å²) in [4.78, 5) is 10.8. The van der Waals surface area contributed by atoms with Gasteiger partial charge in [0, 0.05) is 18.2 Å². The molecule has 0 atom stereocenters. The van der Waals surface area contributed by atoms with Crippen LogP contribution >= 0.6 is 11.6 Å². The van der Waals surface area contributed by atoms with Crippen molar-refractivity contribution in [3.05, 3.63) is 46.2 Å². The van der Waals surface area contributed by atoms with Crippen molar-refractivity contribution >= 4 is 17.6 Å². The van der Waals surface area contributed by atoms with E-state index in [0.717, 1.165) is 11.3 Å². The normalized spacial score (nSPS) is 10.6. The van der Waals surface area contributed by atoms with E-state index in [1.54, 1.807) is 36.0 Å². The van der Waals surface area contributed by atoms with E-state index in [2.05, 4.69) is 5.10 Å². The lowest BCUT2D eigenvalue weighted by atomic mass is 10.1. The predicted octanol–water partition coefficient (Wildman–Crippen LogP) is 2.59. The minimum absolute atomic E-state index is 0.0735. The van der Waals surface area contributed by atoms with Crippen molar-refractivity contribution < 1.29 is 14.6 Å². The summed E-state index contributed by atoms with van der Waals surface area (Å²) in [6, 6.07) is 7.07. The highest BCUT2D eigenvalue weighted by atomic mass is 35.5. The summed E-state index contributed by atoms with van der Waals surface area (Å²) in [7, 11) is 1.76. The Balaban J connectivity index is 2.17. The van der Waals surface area contributed by atoms with Gasteiger partial charge >= 0.3 is 5.97 Å². The van der Waals surface area contributed by atoms with Gasteiger partial charge in [0.1, 0.15) is 17.5 Å². The van der Waals surface area contributed by atoms with Gasteiger partial charge in [-0.05, 0) is 13.0 Å². The monoisotopic (exact) mass is 294 g/mol. The lowest BCUT2D eigenvalue weighted by molar-refractivity contribution is -0.136. The Labute approximate surface area is 121 Å².